The molecule has 1 nitrogen and oxygen atoms in total. The van der Waals surface area contributed by atoms with E-state index in [0.29, 0.717) is 11.8 Å². The molecule has 0 unspecified atom stereocenters. The van der Waals surface area contributed by atoms with E-state index in [0.717, 1.165) is 5.70 Å². The third kappa shape index (κ3) is 3.12. The highest BCUT2D eigenvalue weighted by molar-refractivity contribution is 5.62. The van der Waals surface area contributed by atoms with Crippen molar-refractivity contribution in [2.75, 3.05) is 5.32 Å². The molecule has 0 saturated carbocycles. The zero-order valence-corrected chi connectivity index (χ0v) is 12.0. The zero-order chi connectivity index (χ0) is 13.2. The number of rotatable bonds is 4. The molecule has 0 aromatic heterocycles. The number of nitrogens with one attached hydrogen (secondary N) is 1. The van der Waals surface area contributed by atoms with Gasteiger partial charge in [-0.1, -0.05) is 46.4 Å². The van der Waals surface area contributed by atoms with Crippen LogP contribution in [0.4, 0.5) is 5.69 Å². The first kappa shape index (κ1) is 13.8. The molecule has 94 valence electrons. The number of hydrogen-bond acceptors (Lipinski definition) is 1. The van der Waals surface area contributed by atoms with E-state index in [-0.39, 0.29) is 0 Å². The number of allylic oxidation sites excluding steroid dienone is 1. The Morgan fingerprint density at radius 3 is 2.18 bits per heavy atom. The second-order valence-corrected chi connectivity index (χ2v) is 5.43. The summed E-state index contributed by atoms with van der Waals surface area (Å²) in [5.74, 6) is 1.01. The van der Waals surface area contributed by atoms with Gasteiger partial charge in [0, 0.05) is 11.4 Å². The third-order valence-corrected chi connectivity index (χ3v) is 3.32. The van der Waals surface area contributed by atoms with Gasteiger partial charge in [-0.05, 0) is 42.4 Å². The van der Waals surface area contributed by atoms with Crippen molar-refractivity contribution >= 4 is 5.69 Å². The molecule has 1 heteroatoms. The molecule has 0 atom stereocenters. The Hall–Kier alpha value is -1.24. The van der Waals surface area contributed by atoms with Crippen LogP contribution in [0.1, 0.15) is 50.3 Å². The van der Waals surface area contributed by atoms with Crippen molar-refractivity contribution in [1.82, 2.24) is 0 Å². The first-order valence-electron chi connectivity index (χ1n) is 6.40. The van der Waals surface area contributed by atoms with Gasteiger partial charge in [-0.3, -0.25) is 0 Å². The zero-order valence-electron chi connectivity index (χ0n) is 12.0. The van der Waals surface area contributed by atoms with Crippen molar-refractivity contribution in [1.29, 1.82) is 0 Å². The molecule has 0 aliphatic rings. The van der Waals surface area contributed by atoms with Crippen LogP contribution in [0.25, 0.3) is 0 Å². The maximum absolute atomic E-state index is 4.10. The minimum Gasteiger partial charge on any atom is -0.359 e. The van der Waals surface area contributed by atoms with Gasteiger partial charge in [0.25, 0.3) is 0 Å². The Morgan fingerprint density at radius 1 is 1.12 bits per heavy atom. The average Bonchev–Trinajstić information content (AvgIpc) is 2.22. The van der Waals surface area contributed by atoms with Gasteiger partial charge in [-0.25, -0.2) is 0 Å². The molecule has 1 N–H and O–H groups in total. The fraction of sp³-hybridized carbons (Fsp3) is 0.500. The molecule has 0 aliphatic heterocycles. The van der Waals surface area contributed by atoms with Crippen LogP contribution in [-0.4, -0.2) is 0 Å². The Balaban J connectivity index is 3.14. The van der Waals surface area contributed by atoms with E-state index in [1.165, 1.54) is 22.4 Å². The van der Waals surface area contributed by atoms with Crippen LogP contribution < -0.4 is 5.32 Å². The fourth-order valence-electron chi connectivity index (χ4n) is 1.99. The second kappa shape index (κ2) is 5.39. The van der Waals surface area contributed by atoms with Gasteiger partial charge in [-0.2, -0.15) is 0 Å². The molecule has 1 aromatic rings. The van der Waals surface area contributed by atoms with Gasteiger partial charge < -0.3 is 5.32 Å². The van der Waals surface area contributed by atoms with Crippen molar-refractivity contribution in [3.8, 4) is 0 Å². The van der Waals surface area contributed by atoms with Crippen LogP contribution in [0.5, 0.6) is 0 Å². The number of hydrogen-bond donors (Lipinski definition) is 1. The van der Waals surface area contributed by atoms with Gasteiger partial charge in [0.1, 0.15) is 0 Å². The molecule has 0 amide bonds. The van der Waals surface area contributed by atoms with Gasteiger partial charge >= 0.3 is 0 Å². The molecule has 1 rings (SSSR count). The topological polar surface area (TPSA) is 12.0 Å². The molecule has 0 bridgehead atoms. The normalized spacial score (nSPS) is 11.1. The molecule has 0 radical (unpaired) electrons. The summed E-state index contributed by atoms with van der Waals surface area (Å²) < 4.78 is 0. The lowest BCUT2D eigenvalue weighted by Crippen LogP contribution is -2.08. The van der Waals surface area contributed by atoms with Crippen LogP contribution in [0.15, 0.2) is 24.4 Å². The van der Waals surface area contributed by atoms with Crippen molar-refractivity contribution < 1.29 is 0 Å². The van der Waals surface area contributed by atoms with Crippen molar-refractivity contribution in [2.45, 2.75) is 47.5 Å². The smallest absolute Gasteiger partial charge is 0.0444 e. The van der Waals surface area contributed by atoms with Gasteiger partial charge in [0.05, 0.1) is 0 Å². The summed E-state index contributed by atoms with van der Waals surface area (Å²) in [7, 11) is 0. The Morgan fingerprint density at radius 2 is 1.71 bits per heavy atom. The van der Waals surface area contributed by atoms with Crippen LogP contribution in [-0.2, 0) is 0 Å². The number of anilines is 1. The summed E-state index contributed by atoms with van der Waals surface area (Å²) in [5, 5.41) is 3.48. The summed E-state index contributed by atoms with van der Waals surface area (Å²) in [4.78, 5) is 0. The van der Waals surface area contributed by atoms with E-state index >= 15 is 0 Å². The highest BCUT2D eigenvalue weighted by Crippen LogP contribution is 2.30. The predicted octanol–water partition coefficient (Wildman–Crippen LogP) is 5.01. The minimum absolute atomic E-state index is 0.455. The molecule has 0 aliphatic carbocycles. The monoisotopic (exact) mass is 231 g/mol. The highest BCUT2D eigenvalue weighted by atomic mass is 14.9. The summed E-state index contributed by atoms with van der Waals surface area (Å²) in [6.45, 7) is 17.2. The van der Waals surface area contributed by atoms with Gasteiger partial charge in [0.15, 0.2) is 0 Å². The standard InChI is InChI=1S/C16H25N/c1-10(2)14(7)17-16-12(5)8-9-15(11(3)4)13(16)6/h8-11,17H,7H2,1-6H3. The molecule has 17 heavy (non-hydrogen) atoms. The highest BCUT2D eigenvalue weighted by Gasteiger charge is 2.11. The second-order valence-electron chi connectivity index (χ2n) is 5.43. The maximum Gasteiger partial charge on any atom is 0.0444 e. The first-order valence-corrected chi connectivity index (χ1v) is 6.40. The van der Waals surface area contributed by atoms with Crippen LogP contribution >= 0.6 is 0 Å². The third-order valence-electron chi connectivity index (χ3n) is 3.32. The van der Waals surface area contributed by atoms with Crippen molar-refractivity contribution in [3.05, 3.63) is 41.1 Å². The quantitative estimate of drug-likeness (QED) is 0.768. The van der Waals surface area contributed by atoms with Gasteiger partial charge in [0.2, 0.25) is 0 Å². The molecule has 0 saturated heterocycles. The summed E-state index contributed by atoms with van der Waals surface area (Å²) in [6, 6.07) is 4.43. The molecule has 0 heterocycles. The fourth-order valence-corrected chi connectivity index (χ4v) is 1.99. The lowest BCUT2D eigenvalue weighted by Gasteiger charge is -2.20. The van der Waals surface area contributed by atoms with Crippen molar-refractivity contribution in [3.63, 3.8) is 0 Å². The molecule has 1 aromatic carbocycles. The Kier molecular flexibility index (Phi) is 4.39. The molecular weight excluding hydrogens is 206 g/mol. The molecular formula is C16H25N. The maximum atomic E-state index is 4.10. The van der Waals surface area contributed by atoms with E-state index in [4.69, 9.17) is 0 Å². The van der Waals surface area contributed by atoms with Crippen LogP contribution in [0.2, 0.25) is 0 Å². The molecule has 0 fully saturated rings. The number of aryl methyl sites for hydroxylation is 1. The summed E-state index contributed by atoms with van der Waals surface area (Å²) in [5.41, 5.74) is 6.36. The van der Waals surface area contributed by atoms with Gasteiger partial charge in [-0.15, -0.1) is 0 Å². The Bertz CT molecular complexity index is 414. The van der Waals surface area contributed by atoms with Crippen LogP contribution in [0.3, 0.4) is 0 Å². The average molecular weight is 231 g/mol. The largest absolute Gasteiger partial charge is 0.359 e. The molecule has 0 spiro atoms. The Labute approximate surface area is 106 Å². The van der Waals surface area contributed by atoms with Crippen molar-refractivity contribution in [2.24, 2.45) is 5.92 Å². The predicted molar refractivity (Wildman–Crippen MR) is 77.6 cm³/mol. The van der Waals surface area contributed by atoms with E-state index in [9.17, 15) is 0 Å². The van der Waals surface area contributed by atoms with E-state index in [1.807, 2.05) is 0 Å². The lowest BCUT2D eigenvalue weighted by molar-refractivity contribution is 0.777. The summed E-state index contributed by atoms with van der Waals surface area (Å²) in [6.07, 6.45) is 0. The van der Waals surface area contributed by atoms with E-state index < -0.39 is 0 Å². The lowest BCUT2D eigenvalue weighted by atomic mass is 9.94. The van der Waals surface area contributed by atoms with E-state index in [2.05, 4.69) is 65.6 Å². The van der Waals surface area contributed by atoms with Crippen LogP contribution in [0, 0.1) is 19.8 Å². The summed E-state index contributed by atoms with van der Waals surface area (Å²) >= 11 is 0. The minimum atomic E-state index is 0.455. The SMILES string of the molecule is C=C(Nc1c(C)ccc(C(C)C)c1C)C(C)C. The first-order chi connectivity index (χ1) is 7.84. The number of benzene rings is 1. The van der Waals surface area contributed by atoms with E-state index in [1.54, 1.807) is 0 Å².